The summed E-state index contributed by atoms with van der Waals surface area (Å²) in [6.45, 7) is 0. The number of hydrogen-bond donors (Lipinski definition) is 1. The van der Waals surface area contributed by atoms with Crippen molar-refractivity contribution in [2.45, 2.75) is 0 Å². The molecule has 0 saturated heterocycles. The number of non-ortho nitro benzene ring substituents is 1. The first kappa shape index (κ1) is 17.4. The second-order valence-corrected chi connectivity index (χ2v) is 5.56. The van der Waals surface area contributed by atoms with E-state index in [-0.39, 0.29) is 27.9 Å². The topological polar surface area (TPSA) is 92.6 Å². The Balaban J connectivity index is 2.29. The Morgan fingerprint density at radius 2 is 1.83 bits per heavy atom. The summed E-state index contributed by atoms with van der Waals surface area (Å²) >= 11 is 6.05. The molecular weight excluding hydrogens is 334 g/mol. The number of benzene rings is 2. The SMILES string of the molecule is CN(C)C(=O)c1ccc(Cl)c(NC(=O)c2cccc([N+](=O)[O-])c2)c1. The first-order valence-corrected chi connectivity index (χ1v) is 7.24. The maximum Gasteiger partial charge on any atom is 0.270 e. The molecule has 0 aliphatic rings. The Morgan fingerprint density at radius 3 is 2.46 bits per heavy atom. The molecule has 124 valence electrons. The third kappa shape index (κ3) is 3.88. The molecule has 24 heavy (non-hydrogen) atoms. The minimum atomic E-state index is -0.583. The van der Waals surface area contributed by atoms with Gasteiger partial charge in [-0.3, -0.25) is 19.7 Å². The second kappa shape index (κ2) is 7.10. The molecule has 2 amide bonds. The average Bonchev–Trinajstić information content (AvgIpc) is 2.56. The van der Waals surface area contributed by atoms with Crippen LogP contribution in [0.15, 0.2) is 42.5 Å². The van der Waals surface area contributed by atoms with Crippen molar-refractivity contribution in [2.75, 3.05) is 19.4 Å². The number of halogens is 1. The van der Waals surface area contributed by atoms with Gasteiger partial charge in [0.1, 0.15) is 0 Å². The Bertz CT molecular complexity index is 821. The van der Waals surface area contributed by atoms with Crippen LogP contribution in [0.2, 0.25) is 5.02 Å². The lowest BCUT2D eigenvalue weighted by atomic mass is 10.1. The van der Waals surface area contributed by atoms with Crippen LogP contribution in [-0.4, -0.2) is 35.7 Å². The molecule has 0 radical (unpaired) electrons. The van der Waals surface area contributed by atoms with Crippen molar-refractivity contribution in [2.24, 2.45) is 0 Å². The molecule has 0 aromatic heterocycles. The first-order valence-electron chi connectivity index (χ1n) is 6.86. The van der Waals surface area contributed by atoms with Crippen LogP contribution >= 0.6 is 11.6 Å². The summed E-state index contributed by atoms with van der Waals surface area (Å²) in [5, 5.41) is 13.6. The summed E-state index contributed by atoms with van der Waals surface area (Å²) in [5.41, 5.74) is 0.537. The van der Waals surface area contributed by atoms with Gasteiger partial charge in [0.2, 0.25) is 0 Å². The highest BCUT2D eigenvalue weighted by atomic mass is 35.5. The van der Waals surface area contributed by atoms with Crippen molar-refractivity contribution in [1.29, 1.82) is 0 Å². The Morgan fingerprint density at radius 1 is 1.12 bits per heavy atom. The van der Waals surface area contributed by atoms with Crippen LogP contribution in [-0.2, 0) is 0 Å². The summed E-state index contributed by atoms with van der Waals surface area (Å²) in [6.07, 6.45) is 0. The maximum absolute atomic E-state index is 12.3. The Kier molecular flexibility index (Phi) is 5.15. The zero-order valence-corrected chi connectivity index (χ0v) is 13.7. The minimum absolute atomic E-state index is 0.115. The molecule has 0 spiro atoms. The van der Waals surface area contributed by atoms with E-state index in [0.717, 1.165) is 6.07 Å². The van der Waals surface area contributed by atoms with Crippen LogP contribution in [0, 0.1) is 10.1 Å². The summed E-state index contributed by atoms with van der Waals surface area (Å²) in [5.74, 6) is -0.799. The quantitative estimate of drug-likeness (QED) is 0.679. The number of nitrogens with zero attached hydrogens (tertiary/aromatic N) is 2. The third-order valence-electron chi connectivity index (χ3n) is 3.19. The van der Waals surface area contributed by atoms with E-state index in [1.54, 1.807) is 20.2 Å². The molecular formula is C16H14ClN3O4. The second-order valence-electron chi connectivity index (χ2n) is 5.16. The van der Waals surface area contributed by atoms with Gasteiger partial charge in [-0.05, 0) is 24.3 Å². The standard InChI is InChI=1S/C16H14ClN3O4/c1-19(2)16(22)11-6-7-13(17)14(9-11)18-15(21)10-4-3-5-12(8-10)20(23)24/h3-9H,1-2H3,(H,18,21). The number of anilines is 1. The predicted molar refractivity (Wildman–Crippen MR) is 90.5 cm³/mol. The maximum atomic E-state index is 12.3. The van der Waals surface area contributed by atoms with Crippen LogP contribution < -0.4 is 5.32 Å². The monoisotopic (exact) mass is 347 g/mol. The summed E-state index contributed by atoms with van der Waals surface area (Å²) in [7, 11) is 3.22. The molecule has 0 aliphatic carbocycles. The fourth-order valence-electron chi connectivity index (χ4n) is 1.97. The highest BCUT2D eigenvalue weighted by Gasteiger charge is 2.15. The predicted octanol–water partition coefficient (Wildman–Crippen LogP) is 3.20. The lowest BCUT2D eigenvalue weighted by Crippen LogP contribution is -2.22. The van der Waals surface area contributed by atoms with Crippen LogP contribution in [0.3, 0.4) is 0 Å². The molecule has 0 fully saturated rings. The number of carbonyl (C=O) groups excluding carboxylic acids is 2. The summed E-state index contributed by atoms with van der Waals surface area (Å²) < 4.78 is 0. The number of nitrogens with one attached hydrogen (secondary N) is 1. The molecule has 2 aromatic carbocycles. The molecule has 8 heteroatoms. The van der Waals surface area contributed by atoms with Crippen LogP contribution in [0.4, 0.5) is 11.4 Å². The van der Waals surface area contributed by atoms with E-state index < -0.39 is 10.8 Å². The van der Waals surface area contributed by atoms with E-state index in [2.05, 4.69) is 5.32 Å². The number of nitro benzene ring substituents is 1. The molecule has 0 aliphatic heterocycles. The van der Waals surface area contributed by atoms with Gasteiger partial charge in [-0.2, -0.15) is 0 Å². The van der Waals surface area contributed by atoms with E-state index in [1.165, 1.54) is 35.2 Å². The van der Waals surface area contributed by atoms with Gasteiger partial charge in [0, 0.05) is 37.4 Å². The van der Waals surface area contributed by atoms with E-state index in [4.69, 9.17) is 11.6 Å². The number of carbonyl (C=O) groups is 2. The molecule has 1 N–H and O–H groups in total. The van der Waals surface area contributed by atoms with Gasteiger partial charge in [-0.1, -0.05) is 17.7 Å². The van der Waals surface area contributed by atoms with E-state index in [0.29, 0.717) is 5.56 Å². The van der Waals surface area contributed by atoms with Gasteiger partial charge in [-0.15, -0.1) is 0 Å². The van der Waals surface area contributed by atoms with E-state index in [9.17, 15) is 19.7 Å². The van der Waals surface area contributed by atoms with Crippen LogP contribution in [0.5, 0.6) is 0 Å². The summed E-state index contributed by atoms with van der Waals surface area (Å²) in [6, 6.07) is 9.83. The molecule has 0 atom stereocenters. The van der Waals surface area contributed by atoms with Gasteiger partial charge < -0.3 is 10.2 Å². The Labute approximate surface area is 143 Å². The molecule has 2 aromatic rings. The first-order chi connectivity index (χ1) is 11.3. The molecule has 0 bridgehead atoms. The molecule has 2 rings (SSSR count). The highest BCUT2D eigenvalue weighted by molar-refractivity contribution is 6.34. The zero-order valence-electron chi connectivity index (χ0n) is 12.9. The van der Waals surface area contributed by atoms with Gasteiger partial charge in [0.05, 0.1) is 15.6 Å². The van der Waals surface area contributed by atoms with Gasteiger partial charge in [-0.25, -0.2) is 0 Å². The van der Waals surface area contributed by atoms with Crippen molar-refractivity contribution in [3.05, 3.63) is 68.7 Å². The van der Waals surface area contributed by atoms with Crippen LogP contribution in [0.25, 0.3) is 0 Å². The van der Waals surface area contributed by atoms with Crippen molar-refractivity contribution < 1.29 is 14.5 Å². The normalized spacial score (nSPS) is 10.1. The molecule has 7 nitrogen and oxygen atoms in total. The van der Waals surface area contributed by atoms with Gasteiger partial charge in [0.25, 0.3) is 17.5 Å². The molecule has 0 unspecified atom stereocenters. The van der Waals surface area contributed by atoms with Crippen LogP contribution in [0.1, 0.15) is 20.7 Å². The van der Waals surface area contributed by atoms with Crippen molar-refractivity contribution in [1.82, 2.24) is 4.90 Å². The number of hydrogen-bond acceptors (Lipinski definition) is 4. The molecule has 0 saturated carbocycles. The largest absolute Gasteiger partial charge is 0.345 e. The van der Waals surface area contributed by atoms with E-state index >= 15 is 0 Å². The number of amides is 2. The van der Waals surface area contributed by atoms with Crippen molar-refractivity contribution in [3.8, 4) is 0 Å². The van der Waals surface area contributed by atoms with Crippen molar-refractivity contribution in [3.63, 3.8) is 0 Å². The number of nitro groups is 1. The highest BCUT2D eigenvalue weighted by Crippen LogP contribution is 2.24. The lowest BCUT2D eigenvalue weighted by molar-refractivity contribution is -0.384. The Hall–Kier alpha value is -2.93. The van der Waals surface area contributed by atoms with Gasteiger partial charge >= 0.3 is 0 Å². The smallest absolute Gasteiger partial charge is 0.270 e. The minimum Gasteiger partial charge on any atom is -0.345 e. The lowest BCUT2D eigenvalue weighted by Gasteiger charge is -2.13. The fraction of sp³-hybridized carbons (Fsp3) is 0.125. The van der Waals surface area contributed by atoms with E-state index in [1.807, 2.05) is 0 Å². The van der Waals surface area contributed by atoms with Gasteiger partial charge in [0.15, 0.2) is 0 Å². The number of rotatable bonds is 4. The zero-order chi connectivity index (χ0) is 17.9. The average molecular weight is 348 g/mol. The fourth-order valence-corrected chi connectivity index (χ4v) is 2.13. The molecule has 0 heterocycles. The third-order valence-corrected chi connectivity index (χ3v) is 3.52. The van der Waals surface area contributed by atoms with Crippen molar-refractivity contribution >= 4 is 34.8 Å². The summed E-state index contributed by atoms with van der Waals surface area (Å²) in [4.78, 5) is 35.8.